The number of nitrogens with one attached hydrogen (secondary N) is 1. The van der Waals surface area contributed by atoms with Crippen LogP contribution in [0.1, 0.15) is 39.5 Å². The second-order valence-corrected chi connectivity index (χ2v) is 6.11. The van der Waals surface area contributed by atoms with Gasteiger partial charge in [0.1, 0.15) is 0 Å². The van der Waals surface area contributed by atoms with E-state index in [0.717, 1.165) is 24.5 Å². The monoisotopic (exact) mass is 209 g/mol. The molecule has 0 bridgehead atoms. The van der Waals surface area contributed by atoms with E-state index in [1.54, 1.807) is 0 Å². The van der Waals surface area contributed by atoms with Gasteiger partial charge in [-0.25, -0.2) is 0 Å². The minimum Gasteiger partial charge on any atom is -0.377 e. The third-order valence-electron chi connectivity index (χ3n) is 4.78. The molecule has 1 saturated heterocycles. The second kappa shape index (κ2) is 3.46. The number of fused-ring (bicyclic) bond motifs is 2. The van der Waals surface area contributed by atoms with E-state index in [1.807, 2.05) is 0 Å². The molecule has 1 heterocycles. The molecular weight excluding hydrogens is 186 g/mol. The van der Waals surface area contributed by atoms with Crippen LogP contribution < -0.4 is 5.32 Å². The van der Waals surface area contributed by atoms with Crippen LogP contribution in [0, 0.1) is 17.3 Å². The average molecular weight is 209 g/mol. The normalized spacial score (nSPS) is 41.4. The predicted molar refractivity (Wildman–Crippen MR) is 60.8 cm³/mol. The molecule has 3 fully saturated rings. The molecule has 2 nitrogen and oxygen atoms in total. The van der Waals surface area contributed by atoms with Gasteiger partial charge in [0, 0.05) is 24.0 Å². The Labute approximate surface area is 92.8 Å². The fraction of sp³-hybridized carbons (Fsp3) is 1.00. The summed E-state index contributed by atoms with van der Waals surface area (Å²) in [6.07, 6.45) is 6.15. The number of hydrogen-bond acceptors (Lipinski definition) is 2. The maximum absolute atomic E-state index is 5.91. The molecule has 86 valence electrons. The number of hydrogen-bond donors (Lipinski definition) is 1. The van der Waals surface area contributed by atoms with Crippen LogP contribution in [0.15, 0.2) is 0 Å². The third kappa shape index (κ3) is 1.31. The smallest absolute Gasteiger partial charge is 0.0690 e. The lowest BCUT2D eigenvalue weighted by Gasteiger charge is -2.63. The van der Waals surface area contributed by atoms with Crippen molar-refractivity contribution in [3.63, 3.8) is 0 Å². The molecule has 0 aromatic rings. The van der Waals surface area contributed by atoms with Gasteiger partial charge in [0.15, 0.2) is 0 Å². The first kappa shape index (κ1) is 10.1. The Hall–Kier alpha value is -0.0800. The van der Waals surface area contributed by atoms with Crippen LogP contribution in [0.25, 0.3) is 0 Å². The molecule has 3 rings (SSSR count). The quantitative estimate of drug-likeness (QED) is 0.769. The lowest BCUT2D eigenvalue weighted by atomic mass is 9.46. The van der Waals surface area contributed by atoms with Gasteiger partial charge >= 0.3 is 0 Å². The highest BCUT2D eigenvalue weighted by Gasteiger charge is 2.66. The lowest BCUT2D eigenvalue weighted by molar-refractivity contribution is -0.176. The van der Waals surface area contributed by atoms with Gasteiger partial charge in [-0.2, -0.15) is 0 Å². The molecule has 1 N–H and O–H groups in total. The van der Waals surface area contributed by atoms with Crippen molar-refractivity contribution < 1.29 is 4.74 Å². The molecule has 3 atom stereocenters. The Morgan fingerprint density at radius 1 is 1.40 bits per heavy atom. The maximum Gasteiger partial charge on any atom is 0.0690 e. The molecule has 2 aliphatic carbocycles. The van der Waals surface area contributed by atoms with Gasteiger partial charge in [0.05, 0.1) is 6.10 Å². The standard InChI is InChI=1S/C13H23NO/c1-9(2)8-14-11-10-4-7-15-12(10)13(11)5-3-6-13/h9-12,14H,3-8H2,1-2H3. The number of ether oxygens (including phenoxy) is 1. The molecule has 15 heavy (non-hydrogen) atoms. The summed E-state index contributed by atoms with van der Waals surface area (Å²) < 4.78 is 5.91. The van der Waals surface area contributed by atoms with E-state index in [4.69, 9.17) is 4.74 Å². The largest absolute Gasteiger partial charge is 0.377 e. The van der Waals surface area contributed by atoms with Crippen LogP contribution >= 0.6 is 0 Å². The summed E-state index contributed by atoms with van der Waals surface area (Å²) in [4.78, 5) is 0. The molecule has 0 aromatic carbocycles. The topological polar surface area (TPSA) is 21.3 Å². The minimum absolute atomic E-state index is 0.566. The van der Waals surface area contributed by atoms with Crippen molar-refractivity contribution in [3.8, 4) is 0 Å². The van der Waals surface area contributed by atoms with Crippen LogP contribution in [0.2, 0.25) is 0 Å². The fourth-order valence-electron chi connectivity index (χ4n) is 3.92. The summed E-state index contributed by atoms with van der Waals surface area (Å²) in [6, 6.07) is 0.779. The molecule has 2 saturated carbocycles. The Morgan fingerprint density at radius 2 is 2.20 bits per heavy atom. The van der Waals surface area contributed by atoms with Gasteiger partial charge in [-0.15, -0.1) is 0 Å². The zero-order chi connectivity index (χ0) is 10.5. The molecule has 2 heteroatoms. The summed E-state index contributed by atoms with van der Waals surface area (Å²) in [5.41, 5.74) is 0.566. The highest BCUT2D eigenvalue weighted by atomic mass is 16.5. The third-order valence-corrected chi connectivity index (χ3v) is 4.78. The first-order valence-corrected chi connectivity index (χ1v) is 6.59. The van der Waals surface area contributed by atoms with Crippen molar-refractivity contribution in [1.29, 1.82) is 0 Å². The molecule has 3 aliphatic rings. The van der Waals surface area contributed by atoms with E-state index < -0.39 is 0 Å². The van der Waals surface area contributed by atoms with Gasteiger partial charge in [0.25, 0.3) is 0 Å². The van der Waals surface area contributed by atoms with Gasteiger partial charge < -0.3 is 10.1 Å². The Morgan fingerprint density at radius 3 is 2.80 bits per heavy atom. The van der Waals surface area contributed by atoms with Crippen LogP contribution in [-0.2, 0) is 4.74 Å². The maximum atomic E-state index is 5.91. The van der Waals surface area contributed by atoms with E-state index in [0.29, 0.717) is 11.5 Å². The van der Waals surface area contributed by atoms with Crippen molar-refractivity contribution in [3.05, 3.63) is 0 Å². The lowest BCUT2D eigenvalue weighted by Crippen LogP contribution is -2.71. The summed E-state index contributed by atoms with van der Waals surface area (Å²) in [6.45, 7) is 6.77. The first-order chi connectivity index (χ1) is 7.24. The Kier molecular flexibility index (Phi) is 2.33. The van der Waals surface area contributed by atoms with Crippen LogP contribution in [0.5, 0.6) is 0 Å². The zero-order valence-corrected chi connectivity index (χ0v) is 9.96. The fourth-order valence-corrected chi connectivity index (χ4v) is 3.92. The highest BCUT2D eigenvalue weighted by molar-refractivity contribution is 5.18. The van der Waals surface area contributed by atoms with Gasteiger partial charge in [-0.3, -0.25) is 0 Å². The first-order valence-electron chi connectivity index (χ1n) is 6.59. The van der Waals surface area contributed by atoms with Crippen molar-refractivity contribution in [2.24, 2.45) is 17.3 Å². The van der Waals surface area contributed by atoms with E-state index in [-0.39, 0.29) is 0 Å². The van der Waals surface area contributed by atoms with Crippen LogP contribution in [0.3, 0.4) is 0 Å². The molecular formula is C13H23NO. The van der Waals surface area contributed by atoms with E-state index in [9.17, 15) is 0 Å². The molecule has 0 amide bonds. The minimum atomic E-state index is 0.566. The summed E-state index contributed by atoms with van der Waals surface area (Å²) >= 11 is 0. The molecule has 3 unspecified atom stereocenters. The van der Waals surface area contributed by atoms with Gasteiger partial charge in [-0.1, -0.05) is 20.3 Å². The van der Waals surface area contributed by atoms with Crippen molar-refractivity contribution in [2.75, 3.05) is 13.2 Å². The van der Waals surface area contributed by atoms with Crippen LogP contribution in [-0.4, -0.2) is 25.3 Å². The molecule has 0 radical (unpaired) electrons. The molecule has 1 spiro atoms. The van der Waals surface area contributed by atoms with Crippen molar-refractivity contribution in [1.82, 2.24) is 5.32 Å². The van der Waals surface area contributed by atoms with Crippen LogP contribution in [0.4, 0.5) is 0 Å². The van der Waals surface area contributed by atoms with Crippen molar-refractivity contribution >= 4 is 0 Å². The zero-order valence-electron chi connectivity index (χ0n) is 9.96. The van der Waals surface area contributed by atoms with E-state index in [2.05, 4.69) is 19.2 Å². The summed E-state index contributed by atoms with van der Waals surface area (Å²) in [5, 5.41) is 3.80. The Bertz CT molecular complexity index is 247. The summed E-state index contributed by atoms with van der Waals surface area (Å²) in [5.74, 6) is 1.60. The van der Waals surface area contributed by atoms with E-state index in [1.165, 1.54) is 32.2 Å². The Balaban J connectivity index is 1.66. The SMILES string of the molecule is CC(C)CNC1C2CCOC2C12CCC2. The van der Waals surface area contributed by atoms with Crippen molar-refractivity contribution in [2.45, 2.75) is 51.7 Å². The molecule has 0 aromatic heterocycles. The predicted octanol–water partition coefficient (Wildman–Crippen LogP) is 2.19. The number of rotatable bonds is 3. The molecule has 1 aliphatic heterocycles. The van der Waals surface area contributed by atoms with E-state index >= 15 is 0 Å². The highest BCUT2D eigenvalue weighted by Crippen LogP contribution is 2.62. The van der Waals surface area contributed by atoms with Gasteiger partial charge in [-0.05, 0) is 31.7 Å². The van der Waals surface area contributed by atoms with Gasteiger partial charge in [0.2, 0.25) is 0 Å². The second-order valence-electron chi connectivity index (χ2n) is 6.11. The average Bonchev–Trinajstić information content (AvgIpc) is 2.47. The summed E-state index contributed by atoms with van der Waals surface area (Å²) in [7, 11) is 0.